The van der Waals surface area contributed by atoms with Crippen LogP contribution in [-0.2, 0) is 6.54 Å². The van der Waals surface area contributed by atoms with Gasteiger partial charge in [-0.15, -0.1) is 0 Å². The highest BCUT2D eigenvalue weighted by Crippen LogP contribution is 2.08. The number of carbonyl (C=O) groups is 1. The van der Waals surface area contributed by atoms with E-state index >= 15 is 0 Å². The second-order valence-electron chi connectivity index (χ2n) is 4.07. The molecule has 0 radical (unpaired) electrons. The largest absolute Gasteiger partial charge is 0.343 e. The molecule has 94 valence electrons. The van der Waals surface area contributed by atoms with Gasteiger partial charge in [-0.25, -0.2) is 9.67 Å². The Labute approximate surface area is 105 Å². The third kappa shape index (κ3) is 2.38. The summed E-state index contributed by atoms with van der Waals surface area (Å²) >= 11 is 0. The molecule has 6 heteroatoms. The van der Waals surface area contributed by atoms with Crippen LogP contribution in [0.1, 0.15) is 16.1 Å². The second kappa shape index (κ2) is 4.97. The molecule has 0 aliphatic rings. The minimum absolute atomic E-state index is 0.135. The smallest absolute Gasteiger partial charge is 0.273 e. The van der Waals surface area contributed by atoms with Gasteiger partial charge in [0, 0.05) is 33.0 Å². The number of carbonyl (C=O) groups excluding carboxylic acids is 1. The van der Waals surface area contributed by atoms with Gasteiger partial charge in [0.1, 0.15) is 0 Å². The Morgan fingerprint density at radius 1 is 1.44 bits per heavy atom. The van der Waals surface area contributed by atoms with E-state index < -0.39 is 0 Å². The first kappa shape index (κ1) is 12.3. The normalized spacial score (nSPS) is 10.4. The summed E-state index contributed by atoms with van der Waals surface area (Å²) in [6, 6.07) is 5.36. The lowest BCUT2D eigenvalue weighted by Crippen LogP contribution is -2.22. The number of nitrogens with zero attached hydrogens (tertiary/aromatic N) is 4. The molecule has 6 nitrogen and oxygen atoms in total. The average Bonchev–Trinajstić information content (AvgIpc) is 2.87. The molecule has 0 aliphatic heterocycles. The summed E-state index contributed by atoms with van der Waals surface area (Å²) in [6.07, 6.45) is 3.38. The summed E-state index contributed by atoms with van der Waals surface area (Å²) in [5.74, 6) is 0.513. The minimum Gasteiger partial charge on any atom is -0.343 e. The van der Waals surface area contributed by atoms with E-state index in [1.54, 1.807) is 37.2 Å². The fourth-order valence-corrected chi connectivity index (χ4v) is 1.51. The maximum Gasteiger partial charge on any atom is 0.273 e. The Hall–Kier alpha value is -2.21. The van der Waals surface area contributed by atoms with Gasteiger partial charge in [-0.1, -0.05) is 0 Å². The molecule has 2 aromatic rings. The topological polar surface area (TPSA) is 77.0 Å². The van der Waals surface area contributed by atoms with Crippen LogP contribution in [0.15, 0.2) is 30.6 Å². The molecule has 0 atom stereocenters. The fourth-order valence-electron chi connectivity index (χ4n) is 1.51. The highest BCUT2D eigenvalue weighted by Gasteiger charge is 2.12. The molecule has 0 aromatic carbocycles. The summed E-state index contributed by atoms with van der Waals surface area (Å²) in [4.78, 5) is 17.4. The van der Waals surface area contributed by atoms with Crippen LogP contribution in [0.5, 0.6) is 0 Å². The molecule has 0 unspecified atom stereocenters. The van der Waals surface area contributed by atoms with Gasteiger partial charge in [0.2, 0.25) is 0 Å². The Balaban J connectivity index is 2.32. The summed E-state index contributed by atoms with van der Waals surface area (Å²) in [5.41, 5.74) is 6.93. The molecule has 1 amide bonds. The van der Waals surface area contributed by atoms with Crippen LogP contribution in [0, 0.1) is 0 Å². The van der Waals surface area contributed by atoms with Crippen molar-refractivity contribution in [2.75, 3.05) is 14.1 Å². The van der Waals surface area contributed by atoms with Crippen molar-refractivity contribution in [3.05, 3.63) is 41.9 Å². The minimum atomic E-state index is -0.135. The average molecular weight is 245 g/mol. The molecule has 0 aliphatic carbocycles. The van der Waals surface area contributed by atoms with Crippen molar-refractivity contribution in [1.82, 2.24) is 19.7 Å². The maximum absolute atomic E-state index is 11.7. The summed E-state index contributed by atoms with van der Waals surface area (Å²) in [7, 11) is 3.38. The monoisotopic (exact) mass is 245 g/mol. The van der Waals surface area contributed by atoms with Gasteiger partial charge >= 0.3 is 0 Å². The van der Waals surface area contributed by atoms with Crippen LogP contribution in [0.2, 0.25) is 0 Å². The van der Waals surface area contributed by atoms with E-state index in [-0.39, 0.29) is 5.91 Å². The second-order valence-corrected chi connectivity index (χ2v) is 4.07. The van der Waals surface area contributed by atoms with Crippen LogP contribution in [0.3, 0.4) is 0 Å². The standard InChI is InChI=1S/C12H15N5O/c1-16(2)12(18)10-4-6-17(15-10)11-7-9(8-13)3-5-14-11/h3-7H,8,13H2,1-2H3. The highest BCUT2D eigenvalue weighted by molar-refractivity contribution is 5.91. The Bertz CT molecular complexity index is 561. The van der Waals surface area contributed by atoms with Crippen LogP contribution < -0.4 is 5.73 Å². The zero-order valence-electron chi connectivity index (χ0n) is 10.4. The first-order valence-electron chi connectivity index (χ1n) is 5.54. The Morgan fingerprint density at radius 3 is 2.89 bits per heavy atom. The fraction of sp³-hybridized carbons (Fsp3) is 0.250. The number of rotatable bonds is 3. The molecule has 0 saturated carbocycles. The number of pyridine rings is 1. The van der Waals surface area contributed by atoms with E-state index in [0.29, 0.717) is 18.1 Å². The van der Waals surface area contributed by atoms with Crippen molar-refractivity contribution in [1.29, 1.82) is 0 Å². The first-order chi connectivity index (χ1) is 8.61. The van der Waals surface area contributed by atoms with Gasteiger partial charge in [0.05, 0.1) is 0 Å². The Morgan fingerprint density at radius 2 is 2.22 bits per heavy atom. The zero-order valence-corrected chi connectivity index (χ0v) is 10.4. The van der Waals surface area contributed by atoms with E-state index in [2.05, 4.69) is 10.1 Å². The van der Waals surface area contributed by atoms with E-state index in [1.165, 1.54) is 4.90 Å². The summed E-state index contributed by atoms with van der Waals surface area (Å²) in [5, 5.41) is 4.20. The van der Waals surface area contributed by atoms with Crippen molar-refractivity contribution in [2.24, 2.45) is 5.73 Å². The van der Waals surface area contributed by atoms with Gasteiger partial charge in [-0.2, -0.15) is 5.10 Å². The van der Waals surface area contributed by atoms with Crippen molar-refractivity contribution < 1.29 is 4.79 Å². The molecule has 2 rings (SSSR count). The van der Waals surface area contributed by atoms with Crippen LogP contribution in [0.4, 0.5) is 0 Å². The maximum atomic E-state index is 11.7. The van der Waals surface area contributed by atoms with Gasteiger partial charge in [-0.05, 0) is 23.8 Å². The summed E-state index contributed by atoms with van der Waals surface area (Å²) < 4.78 is 1.57. The number of aromatic nitrogens is 3. The Kier molecular flexibility index (Phi) is 3.38. The number of nitrogens with two attached hydrogens (primary N) is 1. The quantitative estimate of drug-likeness (QED) is 0.850. The lowest BCUT2D eigenvalue weighted by Gasteiger charge is -2.07. The molecule has 18 heavy (non-hydrogen) atoms. The number of hydrogen-bond acceptors (Lipinski definition) is 4. The van der Waals surface area contributed by atoms with Crippen molar-refractivity contribution in [3.63, 3.8) is 0 Å². The highest BCUT2D eigenvalue weighted by atomic mass is 16.2. The third-order valence-electron chi connectivity index (χ3n) is 2.49. The molecule has 0 spiro atoms. The van der Waals surface area contributed by atoms with Crippen molar-refractivity contribution in [2.45, 2.75) is 6.54 Å². The van der Waals surface area contributed by atoms with Crippen molar-refractivity contribution in [3.8, 4) is 5.82 Å². The molecule has 2 N–H and O–H groups in total. The third-order valence-corrected chi connectivity index (χ3v) is 2.49. The van der Waals surface area contributed by atoms with Gasteiger partial charge in [-0.3, -0.25) is 4.79 Å². The van der Waals surface area contributed by atoms with Crippen LogP contribution in [-0.4, -0.2) is 39.7 Å². The molecule has 0 saturated heterocycles. The number of hydrogen-bond donors (Lipinski definition) is 1. The lowest BCUT2D eigenvalue weighted by atomic mass is 10.2. The number of amides is 1. The van der Waals surface area contributed by atoms with Crippen molar-refractivity contribution >= 4 is 5.91 Å². The molecule has 2 heterocycles. The predicted octanol–water partition coefficient (Wildman–Crippen LogP) is 0.428. The molecule has 0 fully saturated rings. The van der Waals surface area contributed by atoms with E-state index in [0.717, 1.165) is 5.56 Å². The summed E-state index contributed by atoms with van der Waals surface area (Å²) in [6.45, 7) is 0.445. The predicted molar refractivity (Wildman–Crippen MR) is 67.3 cm³/mol. The van der Waals surface area contributed by atoms with Gasteiger partial charge in [0.15, 0.2) is 11.5 Å². The van der Waals surface area contributed by atoms with E-state index in [9.17, 15) is 4.79 Å². The molecular weight excluding hydrogens is 230 g/mol. The molecular formula is C12H15N5O. The van der Waals surface area contributed by atoms with Gasteiger partial charge in [0.25, 0.3) is 5.91 Å². The zero-order chi connectivity index (χ0) is 13.1. The van der Waals surface area contributed by atoms with Gasteiger partial charge < -0.3 is 10.6 Å². The van der Waals surface area contributed by atoms with E-state index in [1.807, 2.05) is 12.1 Å². The molecule has 2 aromatic heterocycles. The SMILES string of the molecule is CN(C)C(=O)c1ccn(-c2cc(CN)ccn2)n1. The van der Waals surface area contributed by atoms with E-state index in [4.69, 9.17) is 5.73 Å². The lowest BCUT2D eigenvalue weighted by molar-refractivity contribution is 0.0821. The van der Waals surface area contributed by atoms with Crippen LogP contribution in [0.25, 0.3) is 5.82 Å². The molecule has 0 bridgehead atoms. The first-order valence-corrected chi connectivity index (χ1v) is 5.54. The van der Waals surface area contributed by atoms with Crippen LogP contribution >= 0.6 is 0 Å².